The number of hydrogen-bond acceptors (Lipinski definition) is 3. The van der Waals surface area contributed by atoms with Crippen LogP contribution < -0.4 is 0 Å². The van der Waals surface area contributed by atoms with Crippen LogP contribution in [-0.2, 0) is 4.74 Å². The molecule has 284 valence electrons. The largest absolute Gasteiger partial charge is 0.373 e. The molecule has 0 saturated heterocycles. The number of ether oxygens (including phenoxy) is 1. The zero-order chi connectivity index (χ0) is 36.8. The van der Waals surface area contributed by atoms with Crippen molar-refractivity contribution in [2.45, 2.75) is 142 Å². The average molecular weight is 713 g/mol. The highest BCUT2D eigenvalue weighted by atomic mass is 16.5. The topological polar surface area (TPSA) is 56.8 Å². The zero-order valence-corrected chi connectivity index (χ0v) is 33.3. The summed E-state index contributed by atoms with van der Waals surface area (Å²) in [7, 11) is 0. The van der Waals surface area contributed by atoms with Gasteiger partial charge in [-0.15, -0.1) is 0 Å². The van der Waals surface area contributed by atoms with Crippen LogP contribution in [0.1, 0.15) is 165 Å². The van der Waals surface area contributed by atoms with Gasteiger partial charge in [-0.25, -0.2) is 0 Å². The van der Waals surface area contributed by atoms with Gasteiger partial charge in [0.05, 0.1) is 36.5 Å². The van der Waals surface area contributed by atoms with E-state index in [0.717, 1.165) is 46.6 Å². The van der Waals surface area contributed by atoms with Gasteiger partial charge >= 0.3 is 0 Å². The lowest BCUT2D eigenvalue weighted by Gasteiger charge is -2.38. The Morgan fingerprint density at radius 1 is 0.509 bits per heavy atom. The molecule has 0 aliphatic heterocycles. The molecule has 0 heterocycles. The summed E-state index contributed by atoms with van der Waals surface area (Å²) in [5.41, 5.74) is 6.78. The van der Waals surface area contributed by atoms with Crippen molar-refractivity contribution < 1.29 is 4.74 Å². The van der Waals surface area contributed by atoms with Crippen molar-refractivity contribution in [3.05, 3.63) is 82.9 Å². The molecule has 4 aliphatic carbocycles. The van der Waals surface area contributed by atoms with Gasteiger partial charge in [-0.05, 0) is 171 Å². The summed E-state index contributed by atoms with van der Waals surface area (Å²) in [6.07, 6.45) is 32.3. The number of nitrogens with zero attached hydrogens (tertiary/aromatic N) is 2. The second kappa shape index (κ2) is 20.5. The molecule has 0 amide bonds. The molecule has 0 atom stereocenters. The summed E-state index contributed by atoms with van der Waals surface area (Å²) < 4.78 is 6.44. The van der Waals surface area contributed by atoms with Crippen LogP contribution >= 0.6 is 0 Å². The van der Waals surface area contributed by atoms with Gasteiger partial charge in [0.2, 0.25) is 0 Å². The fourth-order valence-electron chi connectivity index (χ4n) is 11.4. The van der Waals surface area contributed by atoms with Crippen molar-refractivity contribution >= 4 is 11.1 Å². The van der Waals surface area contributed by atoms with Crippen molar-refractivity contribution in [1.82, 2.24) is 0 Å². The molecule has 0 bridgehead atoms. The highest BCUT2D eigenvalue weighted by Crippen LogP contribution is 2.46. The Balaban J connectivity index is 1.08. The van der Waals surface area contributed by atoms with Gasteiger partial charge in [-0.3, -0.25) is 0 Å². The second-order valence-electron chi connectivity index (χ2n) is 17.6. The van der Waals surface area contributed by atoms with E-state index in [0.29, 0.717) is 25.0 Å². The van der Waals surface area contributed by atoms with E-state index in [1.165, 1.54) is 151 Å². The van der Waals surface area contributed by atoms with E-state index in [9.17, 15) is 10.5 Å². The molecular weight excluding hydrogens is 645 g/mol. The Hall–Kier alpha value is -3.14. The van der Waals surface area contributed by atoms with Crippen LogP contribution in [0.4, 0.5) is 0 Å². The van der Waals surface area contributed by atoms with Gasteiger partial charge in [0.15, 0.2) is 0 Å². The molecule has 0 N–H and O–H groups in total. The van der Waals surface area contributed by atoms with E-state index >= 15 is 0 Å². The van der Waals surface area contributed by atoms with Crippen LogP contribution in [0.5, 0.6) is 0 Å². The van der Waals surface area contributed by atoms with Crippen molar-refractivity contribution in [3.63, 3.8) is 0 Å². The Morgan fingerprint density at radius 3 is 1.13 bits per heavy atom. The maximum absolute atomic E-state index is 9.46. The summed E-state index contributed by atoms with van der Waals surface area (Å²) in [5, 5.41) is 18.9. The third-order valence-electron chi connectivity index (χ3n) is 14.5. The minimum atomic E-state index is 0.556. The predicted molar refractivity (Wildman–Crippen MR) is 221 cm³/mol. The summed E-state index contributed by atoms with van der Waals surface area (Å²) in [6, 6.07) is 21.1. The van der Waals surface area contributed by atoms with E-state index < -0.39 is 0 Å². The highest BCUT2D eigenvalue weighted by Gasteiger charge is 2.33. The van der Waals surface area contributed by atoms with Crippen LogP contribution in [0.15, 0.2) is 60.7 Å². The van der Waals surface area contributed by atoms with Crippen molar-refractivity contribution in [2.24, 2.45) is 47.3 Å². The minimum absolute atomic E-state index is 0.556. The molecule has 0 radical (unpaired) electrons. The molecule has 4 saturated carbocycles. The lowest BCUT2D eigenvalue weighted by atomic mass is 9.67. The first-order valence-corrected chi connectivity index (χ1v) is 22.1. The number of benzene rings is 2. The normalized spacial score (nSPS) is 30.0. The molecule has 0 aromatic heterocycles. The van der Waals surface area contributed by atoms with E-state index in [4.69, 9.17) is 4.74 Å². The van der Waals surface area contributed by atoms with E-state index in [-0.39, 0.29) is 0 Å². The molecule has 0 unspecified atom stereocenters. The minimum Gasteiger partial charge on any atom is -0.373 e. The molecule has 4 aliphatic rings. The first kappa shape index (κ1) is 39.6. The first-order chi connectivity index (χ1) is 26.1. The molecular formula is C50H68N2O. The van der Waals surface area contributed by atoms with Crippen LogP contribution in [0, 0.1) is 70.0 Å². The van der Waals surface area contributed by atoms with E-state index in [2.05, 4.69) is 62.4 Å². The molecule has 4 fully saturated rings. The van der Waals surface area contributed by atoms with Crippen LogP contribution in [0.2, 0.25) is 0 Å². The van der Waals surface area contributed by atoms with Gasteiger partial charge in [-0.2, -0.15) is 10.5 Å². The maximum atomic E-state index is 9.46. The Labute approximate surface area is 323 Å². The average Bonchev–Trinajstić information content (AvgIpc) is 3.22. The van der Waals surface area contributed by atoms with Gasteiger partial charge in [0.1, 0.15) is 0 Å². The van der Waals surface area contributed by atoms with Gasteiger partial charge in [0.25, 0.3) is 0 Å². The van der Waals surface area contributed by atoms with Crippen molar-refractivity contribution in [1.29, 1.82) is 10.5 Å². The first-order valence-electron chi connectivity index (χ1n) is 22.1. The van der Waals surface area contributed by atoms with Crippen molar-refractivity contribution in [3.8, 4) is 12.1 Å². The van der Waals surface area contributed by atoms with Crippen LogP contribution in [0.3, 0.4) is 0 Å². The summed E-state index contributed by atoms with van der Waals surface area (Å²) in [4.78, 5) is 0. The standard InChI is InChI=1S/C50H68N2O/c1-3-5-37-7-15-41(16-8-37)43-23-27-47(28-24-43)49(45-19-11-39(35-51)12-20-45)31-33-53-34-32-50(46-21-13-40(36-52)14-22-46)48-29-25-44(26-30-48)42-17-9-38(6-4-2)10-18-42/h11-14,19-22,31-32,37-38,41-44,47-48H,3-10,15-18,23-30,33-34H2,1-2H3/t37-,38-,41-,42-,43-,44-,47-,48-. The smallest absolute Gasteiger partial charge is 0.0991 e. The summed E-state index contributed by atoms with van der Waals surface area (Å²) in [6.45, 7) is 5.88. The fourth-order valence-corrected chi connectivity index (χ4v) is 11.4. The number of allylic oxidation sites excluding steroid dienone is 2. The molecule has 2 aromatic carbocycles. The lowest BCUT2D eigenvalue weighted by molar-refractivity contribution is 0.153. The molecule has 0 spiro atoms. The molecule has 6 rings (SSSR count). The molecule has 3 nitrogen and oxygen atoms in total. The summed E-state index contributed by atoms with van der Waals surface area (Å²) in [5.74, 6) is 6.74. The third-order valence-corrected chi connectivity index (χ3v) is 14.5. The highest BCUT2D eigenvalue weighted by molar-refractivity contribution is 5.69. The number of rotatable bonds is 14. The third kappa shape index (κ3) is 11.0. The fraction of sp³-hybridized carbons (Fsp3) is 0.640. The second-order valence-corrected chi connectivity index (χ2v) is 17.6. The lowest BCUT2D eigenvalue weighted by Crippen LogP contribution is -2.26. The Kier molecular flexibility index (Phi) is 15.3. The van der Waals surface area contributed by atoms with E-state index in [1.54, 1.807) is 0 Å². The molecule has 3 heteroatoms. The van der Waals surface area contributed by atoms with E-state index in [1.807, 2.05) is 24.3 Å². The van der Waals surface area contributed by atoms with Gasteiger partial charge < -0.3 is 4.74 Å². The van der Waals surface area contributed by atoms with Crippen LogP contribution in [-0.4, -0.2) is 13.2 Å². The van der Waals surface area contributed by atoms with Crippen LogP contribution in [0.25, 0.3) is 11.1 Å². The SMILES string of the molecule is CCC[C@H]1CC[C@H]([C@H]2CC[C@H](C(=CCOCC=C(c3ccc(C#N)cc3)[C@H]3CC[C@H]([C@H]4CC[C@H](CCC)CC4)CC3)c3ccc(C#N)cc3)CC2)CC1. The number of hydrogen-bond donors (Lipinski definition) is 0. The van der Waals surface area contributed by atoms with Crippen molar-refractivity contribution in [2.75, 3.05) is 13.2 Å². The zero-order valence-electron chi connectivity index (χ0n) is 33.3. The summed E-state index contributed by atoms with van der Waals surface area (Å²) >= 11 is 0. The predicted octanol–water partition coefficient (Wildman–Crippen LogP) is 13.7. The van der Waals surface area contributed by atoms with Gasteiger partial charge in [-0.1, -0.05) is 102 Å². The number of nitriles is 2. The Morgan fingerprint density at radius 2 is 0.830 bits per heavy atom. The van der Waals surface area contributed by atoms with Gasteiger partial charge in [0, 0.05) is 0 Å². The Bertz CT molecular complexity index is 1400. The maximum Gasteiger partial charge on any atom is 0.0991 e. The molecule has 2 aromatic rings. The monoisotopic (exact) mass is 713 g/mol. The molecule has 53 heavy (non-hydrogen) atoms. The quantitative estimate of drug-likeness (QED) is 0.183.